The van der Waals surface area contributed by atoms with Crippen molar-refractivity contribution in [1.82, 2.24) is 0 Å². The summed E-state index contributed by atoms with van der Waals surface area (Å²) in [4.78, 5) is 13.3. The molecule has 4 heteroatoms. The number of hydrogen-bond donors (Lipinski definition) is 1. The van der Waals surface area contributed by atoms with Crippen LogP contribution in [-0.4, -0.2) is 20.1 Å². The summed E-state index contributed by atoms with van der Waals surface area (Å²) in [6.45, 7) is 2.07. The van der Waals surface area contributed by atoms with Crippen LogP contribution in [0.15, 0.2) is 42.5 Å². The first-order valence-electron chi connectivity index (χ1n) is 9.20. The minimum absolute atomic E-state index is 0.0632. The fraction of sp³-hybridized carbons (Fsp3) is 0.409. The summed E-state index contributed by atoms with van der Waals surface area (Å²) in [5.41, 5.74) is 2.59. The van der Waals surface area contributed by atoms with Crippen LogP contribution in [0.4, 0.5) is 5.69 Å². The number of anilines is 1. The van der Waals surface area contributed by atoms with Gasteiger partial charge in [-0.2, -0.15) is 0 Å². The summed E-state index contributed by atoms with van der Waals surface area (Å²) in [5.74, 6) is 1.32. The van der Waals surface area contributed by atoms with Crippen LogP contribution >= 0.6 is 0 Å². The van der Waals surface area contributed by atoms with Gasteiger partial charge in [0.15, 0.2) is 11.5 Å². The zero-order valence-electron chi connectivity index (χ0n) is 15.8. The second-order valence-corrected chi connectivity index (χ2v) is 7.03. The molecule has 0 atom stereocenters. The highest BCUT2D eigenvalue weighted by atomic mass is 16.5. The van der Waals surface area contributed by atoms with Crippen LogP contribution in [0.5, 0.6) is 11.5 Å². The van der Waals surface area contributed by atoms with Gasteiger partial charge in [-0.15, -0.1) is 0 Å². The first-order valence-corrected chi connectivity index (χ1v) is 9.20. The first-order chi connectivity index (χ1) is 12.6. The van der Waals surface area contributed by atoms with Crippen LogP contribution in [-0.2, 0) is 10.2 Å². The summed E-state index contributed by atoms with van der Waals surface area (Å²) in [7, 11) is 3.20. The number of nitrogens with one attached hydrogen (secondary N) is 1. The number of aryl methyl sites for hydroxylation is 1. The Labute approximate surface area is 155 Å². The van der Waals surface area contributed by atoms with E-state index in [0.29, 0.717) is 11.5 Å². The molecule has 1 aliphatic carbocycles. The fourth-order valence-electron chi connectivity index (χ4n) is 3.84. The van der Waals surface area contributed by atoms with Crippen LogP contribution in [0.1, 0.15) is 43.2 Å². The van der Waals surface area contributed by atoms with E-state index in [0.717, 1.165) is 36.9 Å². The predicted octanol–water partition coefficient (Wildman–Crippen LogP) is 4.85. The Morgan fingerprint density at radius 3 is 2.19 bits per heavy atom. The van der Waals surface area contributed by atoms with Crippen molar-refractivity contribution in [3.05, 3.63) is 53.6 Å². The lowest BCUT2D eigenvalue weighted by Gasteiger charge is -2.36. The Morgan fingerprint density at radius 2 is 1.58 bits per heavy atom. The minimum Gasteiger partial charge on any atom is -0.493 e. The number of ether oxygens (including phenoxy) is 2. The van der Waals surface area contributed by atoms with Crippen LogP contribution in [0.25, 0.3) is 0 Å². The Hall–Kier alpha value is -2.49. The van der Waals surface area contributed by atoms with Crippen molar-refractivity contribution < 1.29 is 14.3 Å². The molecule has 0 spiro atoms. The van der Waals surface area contributed by atoms with Crippen molar-refractivity contribution in [2.45, 2.75) is 44.4 Å². The Kier molecular flexibility index (Phi) is 5.50. The lowest BCUT2D eigenvalue weighted by Crippen LogP contribution is -2.42. The number of methoxy groups -OCH3 is 2. The highest BCUT2D eigenvalue weighted by molar-refractivity contribution is 5.99. The molecule has 0 heterocycles. The van der Waals surface area contributed by atoms with E-state index in [-0.39, 0.29) is 5.91 Å². The highest BCUT2D eigenvalue weighted by Gasteiger charge is 2.41. The molecule has 4 nitrogen and oxygen atoms in total. The maximum Gasteiger partial charge on any atom is 0.235 e. The molecule has 26 heavy (non-hydrogen) atoms. The van der Waals surface area contributed by atoms with Gasteiger partial charge in [0.05, 0.1) is 19.6 Å². The van der Waals surface area contributed by atoms with E-state index in [9.17, 15) is 4.79 Å². The lowest BCUT2D eigenvalue weighted by atomic mass is 9.68. The zero-order chi connectivity index (χ0) is 18.6. The largest absolute Gasteiger partial charge is 0.493 e. The molecule has 138 valence electrons. The lowest BCUT2D eigenvalue weighted by molar-refractivity contribution is -0.122. The normalized spacial score (nSPS) is 16.0. The van der Waals surface area contributed by atoms with Crippen LogP contribution in [0, 0.1) is 6.92 Å². The maximum atomic E-state index is 13.3. The van der Waals surface area contributed by atoms with Gasteiger partial charge in [0.25, 0.3) is 0 Å². The summed E-state index contributed by atoms with van der Waals surface area (Å²) >= 11 is 0. The van der Waals surface area contributed by atoms with Gasteiger partial charge in [-0.3, -0.25) is 4.79 Å². The van der Waals surface area contributed by atoms with E-state index in [4.69, 9.17) is 9.47 Å². The number of benzene rings is 2. The third kappa shape index (κ3) is 3.55. The highest BCUT2D eigenvalue weighted by Crippen LogP contribution is 2.41. The molecule has 1 saturated carbocycles. The smallest absolute Gasteiger partial charge is 0.235 e. The molecule has 1 amide bonds. The molecule has 0 bridgehead atoms. The van der Waals surface area contributed by atoms with E-state index >= 15 is 0 Å². The van der Waals surface area contributed by atoms with Crippen molar-refractivity contribution in [2.24, 2.45) is 0 Å². The molecule has 1 aliphatic rings. The van der Waals surface area contributed by atoms with Gasteiger partial charge in [0, 0.05) is 11.8 Å². The van der Waals surface area contributed by atoms with Gasteiger partial charge in [-0.1, -0.05) is 49.1 Å². The van der Waals surface area contributed by atoms with Crippen LogP contribution < -0.4 is 14.8 Å². The van der Waals surface area contributed by atoms with Gasteiger partial charge in [0.1, 0.15) is 0 Å². The molecular formula is C22H27NO3. The summed E-state index contributed by atoms with van der Waals surface area (Å²) in [6, 6.07) is 13.9. The maximum absolute atomic E-state index is 13.3. The Morgan fingerprint density at radius 1 is 0.923 bits per heavy atom. The van der Waals surface area contributed by atoms with Gasteiger partial charge < -0.3 is 14.8 Å². The summed E-state index contributed by atoms with van der Waals surface area (Å²) in [5, 5.41) is 3.12. The van der Waals surface area contributed by atoms with Gasteiger partial charge in [0.2, 0.25) is 5.91 Å². The molecule has 0 aromatic heterocycles. The van der Waals surface area contributed by atoms with Crippen LogP contribution in [0.2, 0.25) is 0 Å². The average molecular weight is 353 g/mol. The van der Waals surface area contributed by atoms with Crippen molar-refractivity contribution in [1.29, 1.82) is 0 Å². The third-order valence-electron chi connectivity index (χ3n) is 5.39. The molecule has 3 rings (SSSR count). The predicted molar refractivity (Wildman–Crippen MR) is 104 cm³/mol. The number of carbonyl (C=O) groups excluding carboxylic acids is 1. The van der Waals surface area contributed by atoms with Crippen molar-refractivity contribution in [2.75, 3.05) is 19.5 Å². The number of carbonyl (C=O) groups is 1. The van der Waals surface area contributed by atoms with E-state index in [1.54, 1.807) is 14.2 Å². The number of hydrogen-bond acceptors (Lipinski definition) is 3. The molecule has 2 aromatic rings. The van der Waals surface area contributed by atoms with E-state index in [1.165, 1.54) is 12.0 Å². The topological polar surface area (TPSA) is 47.6 Å². The van der Waals surface area contributed by atoms with E-state index in [2.05, 4.69) is 36.5 Å². The number of rotatable bonds is 5. The Balaban J connectivity index is 1.90. The second-order valence-electron chi connectivity index (χ2n) is 7.03. The molecule has 0 aliphatic heterocycles. The quantitative estimate of drug-likeness (QED) is 0.835. The molecular weight excluding hydrogens is 326 g/mol. The van der Waals surface area contributed by atoms with E-state index in [1.807, 2.05) is 18.2 Å². The van der Waals surface area contributed by atoms with Crippen molar-refractivity contribution >= 4 is 11.6 Å². The molecule has 0 saturated heterocycles. The second kappa shape index (κ2) is 7.81. The van der Waals surface area contributed by atoms with Gasteiger partial charge >= 0.3 is 0 Å². The summed E-state index contributed by atoms with van der Waals surface area (Å²) < 4.78 is 10.6. The van der Waals surface area contributed by atoms with Crippen molar-refractivity contribution in [3.63, 3.8) is 0 Å². The van der Waals surface area contributed by atoms with Crippen LogP contribution in [0.3, 0.4) is 0 Å². The number of amides is 1. The molecule has 2 aromatic carbocycles. The minimum atomic E-state index is -0.459. The van der Waals surface area contributed by atoms with E-state index < -0.39 is 5.41 Å². The van der Waals surface area contributed by atoms with Crippen molar-refractivity contribution in [3.8, 4) is 11.5 Å². The zero-order valence-corrected chi connectivity index (χ0v) is 15.8. The first kappa shape index (κ1) is 18.3. The van der Waals surface area contributed by atoms with Gasteiger partial charge in [-0.05, 0) is 37.5 Å². The SMILES string of the molecule is COc1ccc(NC(=O)C2(c3ccc(C)cc3)CCCCC2)cc1OC. The monoisotopic (exact) mass is 353 g/mol. The molecule has 0 radical (unpaired) electrons. The fourth-order valence-corrected chi connectivity index (χ4v) is 3.84. The standard InChI is InChI=1S/C22H27NO3/c1-16-7-9-17(10-8-16)22(13-5-4-6-14-22)21(24)23-18-11-12-19(25-2)20(15-18)26-3/h7-12,15H,4-6,13-14H2,1-3H3,(H,23,24). The molecule has 1 fully saturated rings. The van der Waals surface area contributed by atoms with Gasteiger partial charge in [-0.25, -0.2) is 0 Å². The molecule has 0 unspecified atom stereocenters. The third-order valence-corrected chi connectivity index (χ3v) is 5.39. The average Bonchev–Trinajstić information content (AvgIpc) is 2.68. The Bertz CT molecular complexity index is 761. The molecule has 1 N–H and O–H groups in total. The summed E-state index contributed by atoms with van der Waals surface area (Å²) in [6.07, 6.45) is 5.11.